The molecule has 0 aromatic rings. The summed E-state index contributed by atoms with van der Waals surface area (Å²) in [5.74, 6) is 0. The number of rotatable bonds is 4. The van der Waals surface area contributed by atoms with E-state index in [0.29, 0.717) is 0 Å². The first-order valence-electron chi connectivity index (χ1n) is 3.55. The van der Waals surface area contributed by atoms with Gasteiger partial charge in [-0.05, 0) is 25.3 Å². The standard InChI is InChI=1S/C9H15/c1-4-6-8-9(3)7-5-2/h3,5,7H,4,6,8H2,1-2H3. The molecule has 0 aromatic heterocycles. The molecule has 0 saturated carbocycles. The average Bonchev–Trinajstić information content (AvgIpc) is 1.85. The van der Waals surface area contributed by atoms with Crippen molar-refractivity contribution in [3.05, 3.63) is 24.3 Å². The highest BCUT2D eigenvalue weighted by molar-refractivity contribution is 5.11. The van der Waals surface area contributed by atoms with Crippen molar-refractivity contribution in [3.63, 3.8) is 0 Å². The highest BCUT2D eigenvalue weighted by Crippen LogP contribution is 2.04. The summed E-state index contributed by atoms with van der Waals surface area (Å²) in [7, 11) is 0. The molecule has 0 N–H and O–H groups in total. The molecule has 0 aliphatic rings. The van der Waals surface area contributed by atoms with Gasteiger partial charge in [0.1, 0.15) is 0 Å². The number of hydrogen-bond acceptors (Lipinski definition) is 0. The molecule has 1 radical (unpaired) electrons. The zero-order valence-electron chi connectivity index (χ0n) is 6.35. The smallest absolute Gasteiger partial charge is 0.0279 e. The highest BCUT2D eigenvalue weighted by Gasteiger charge is 1.85. The van der Waals surface area contributed by atoms with Crippen molar-refractivity contribution in [2.75, 3.05) is 0 Å². The van der Waals surface area contributed by atoms with Crippen LogP contribution in [0.5, 0.6) is 0 Å². The Morgan fingerprint density at radius 1 is 1.56 bits per heavy atom. The van der Waals surface area contributed by atoms with E-state index in [1.807, 2.05) is 19.1 Å². The maximum Gasteiger partial charge on any atom is -0.0279 e. The molecule has 0 heteroatoms. The molecule has 0 heterocycles. The minimum atomic E-state index is 0.999. The second-order valence-electron chi connectivity index (χ2n) is 2.18. The van der Waals surface area contributed by atoms with E-state index in [-0.39, 0.29) is 0 Å². The van der Waals surface area contributed by atoms with Gasteiger partial charge in [0.2, 0.25) is 0 Å². The first-order chi connectivity index (χ1) is 4.31. The molecule has 9 heavy (non-hydrogen) atoms. The second kappa shape index (κ2) is 5.61. The molecule has 0 bridgehead atoms. The average molecular weight is 123 g/mol. The fourth-order valence-electron chi connectivity index (χ4n) is 0.678. The molecule has 0 aliphatic carbocycles. The van der Waals surface area contributed by atoms with Crippen molar-refractivity contribution in [3.8, 4) is 0 Å². The lowest BCUT2D eigenvalue weighted by molar-refractivity contribution is 0.798. The van der Waals surface area contributed by atoms with E-state index in [2.05, 4.69) is 6.92 Å². The van der Waals surface area contributed by atoms with Crippen molar-refractivity contribution in [2.45, 2.75) is 33.1 Å². The maximum absolute atomic E-state index is 5.60. The monoisotopic (exact) mass is 123 g/mol. The zero-order chi connectivity index (χ0) is 7.11. The number of hydrogen-bond donors (Lipinski definition) is 0. The molecule has 51 valence electrons. The van der Waals surface area contributed by atoms with Crippen molar-refractivity contribution in [1.82, 2.24) is 0 Å². The van der Waals surface area contributed by atoms with Gasteiger partial charge >= 0.3 is 0 Å². The fraction of sp³-hybridized carbons (Fsp3) is 0.556. The molecule has 0 saturated heterocycles. The van der Waals surface area contributed by atoms with Gasteiger partial charge in [-0.15, -0.1) is 0 Å². The van der Waals surface area contributed by atoms with Gasteiger partial charge in [-0.1, -0.05) is 32.1 Å². The van der Waals surface area contributed by atoms with E-state index in [9.17, 15) is 0 Å². The van der Waals surface area contributed by atoms with Crippen LogP contribution in [0.1, 0.15) is 33.1 Å². The van der Waals surface area contributed by atoms with E-state index in [0.717, 1.165) is 12.0 Å². The first-order valence-corrected chi connectivity index (χ1v) is 3.55. The normalized spacial score (nSPS) is 10.4. The molecule has 0 fully saturated rings. The lowest BCUT2D eigenvalue weighted by Crippen LogP contribution is -1.74. The third kappa shape index (κ3) is 5.35. The molecule has 0 aliphatic heterocycles. The SMILES string of the molecule is [CH]=C(C=CC)CCCC. The van der Waals surface area contributed by atoms with Gasteiger partial charge in [0, 0.05) is 0 Å². The molecule has 0 nitrogen and oxygen atoms in total. The number of allylic oxidation sites excluding steroid dienone is 3. The van der Waals surface area contributed by atoms with Crippen molar-refractivity contribution < 1.29 is 0 Å². The van der Waals surface area contributed by atoms with Gasteiger partial charge in [0.15, 0.2) is 0 Å². The summed E-state index contributed by atoms with van der Waals surface area (Å²) in [5.41, 5.74) is 0.999. The van der Waals surface area contributed by atoms with Crippen LogP contribution >= 0.6 is 0 Å². The Balaban J connectivity index is 3.27. The van der Waals surface area contributed by atoms with Gasteiger partial charge in [0.25, 0.3) is 0 Å². The van der Waals surface area contributed by atoms with Gasteiger partial charge in [-0.2, -0.15) is 0 Å². The second-order valence-corrected chi connectivity index (χ2v) is 2.18. The van der Waals surface area contributed by atoms with Crippen LogP contribution in [-0.4, -0.2) is 0 Å². The Morgan fingerprint density at radius 2 is 2.22 bits per heavy atom. The van der Waals surface area contributed by atoms with Gasteiger partial charge in [-0.25, -0.2) is 0 Å². The number of unbranched alkanes of at least 4 members (excludes halogenated alkanes) is 1. The summed E-state index contributed by atoms with van der Waals surface area (Å²) in [6, 6.07) is 0. The molecular weight excluding hydrogens is 108 g/mol. The van der Waals surface area contributed by atoms with Crippen LogP contribution in [0, 0.1) is 6.58 Å². The van der Waals surface area contributed by atoms with Crippen LogP contribution in [0.25, 0.3) is 0 Å². The molecule has 0 atom stereocenters. The molecular formula is C9H15. The van der Waals surface area contributed by atoms with E-state index in [1.165, 1.54) is 12.8 Å². The van der Waals surface area contributed by atoms with E-state index >= 15 is 0 Å². The third-order valence-corrected chi connectivity index (χ3v) is 1.20. The maximum atomic E-state index is 5.60. The summed E-state index contributed by atoms with van der Waals surface area (Å²) in [6.07, 6.45) is 7.41. The third-order valence-electron chi connectivity index (χ3n) is 1.20. The predicted octanol–water partition coefficient (Wildman–Crippen LogP) is 3.11. The van der Waals surface area contributed by atoms with E-state index in [1.54, 1.807) is 0 Å². The van der Waals surface area contributed by atoms with Crippen molar-refractivity contribution in [2.24, 2.45) is 0 Å². The molecule has 0 amide bonds. The summed E-state index contributed by atoms with van der Waals surface area (Å²) in [6.45, 7) is 9.75. The predicted molar refractivity (Wildman–Crippen MR) is 42.2 cm³/mol. The van der Waals surface area contributed by atoms with Gasteiger partial charge in [0.05, 0.1) is 0 Å². The van der Waals surface area contributed by atoms with Crippen LogP contribution in [0.4, 0.5) is 0 Å². The Morgan fingerprint density at radius 3 is 2.67 bits per heavy atom. The fourth-order valence-corrected chi connectivity index (χ4v) is 0.678. The lowest BCUT2D eigenvalue weighted by Gasteiger charge is -1.94. The van der Waals surface area contributed by atoms with Gasteiger partial charge in [-0.3, -0.25) is 0 Å². The quantitative estimate of drug-likeness (QED) is 0.504. The van der Waals surface area contributed by atoms with Crippen molar-refractivity contribution in [1.29, 1.82) is 0 Å². The van der Waals surface area contributed by atoms with Crippen LogP contribution in [-0.2, 0) is 0 Å². The minimum Gasteiger partial charge on any atom is -0.0874 e. The largest absolute Gasteiger partial charge is 0.0874 e. The summed E-state index contributed by atoms with van der Waals surface area (Å²) in [4.78, 5) is 0. The van der Waals surface area contributed by atoms with E-state index in [4.69, 9.17) is 6.58 Å². The molecule has 0 aromatic carbocycles. The first kappa shape index (κ1) is 8.48. The van der Waals surface area contributed by atoms with Gasteiger partial charge < -0.3 is 0 Å². The van der Waals surface area contributed by atoms with Crippen LogP contribution in [0.2, 0.25) is 0 Å². The summed E-state index contributed by atoms with van der Waals surface area (Å²) >= 11 is 0. The van der Waals surface area contributed by atoms with Crippen molar-refractivity contribution >= 4 is 0 Å². The topological polar surface area (TPSA) is 0 Å². The molecule has 0 rings (SSSR count). The molecule has 0 spiro atoms. The zero-order valence-corrected chi connectivity index (χ0v) is 6.35. The Labute approximate surface area is 58.3 Å². The molecule has 0 unspecified atom stereocenters. The van der Waals surface area contributed by atoms with Crippen LogP contribution in [0.3, 0.4) is 0 Å². The Bertz CT molecular complexity index is 98.6. The van der Waals surface area contributed by atoms with Crippen LogP contribution in [0.15, 0.2) is 17.7 Å². The summed E-state index contributed by atoms with van der Waals surface area (Å²) in [5, 5.41) is 0. The van der Waals surface area contributed by atoms with Crippen LogP contribution < -0.4 is 0 Å². The highest BCUT2D eigenvalue weighted by atomic mass is 13.9. The lowest BCUT2D eigenvalue weighted by atomic mass is 10.1. The minimum absolute atomic E-state index is 0.999. The van der Waals surface area contributed by atoms with E-state index < -0.39 is 0 Å². The Kier molecular flexibility index (Phi) is 5.29. The Hall–Kier alpha value is -0.520. The summed E-state index contributed by atoms with van der Waals surface area (Å²) < 4.78 is 0.